The molecule has 0 saturated heterocycles. The minimum Gasteiger partial charge on any atom is -0.392 e. The fourth-order valence-corrected chi connectivity index (χ4v) is 1.83. The van der Waals surface area contributed by atoms with Crippen LogP contribution in [0.4, 0.5) is 0 Å². The third-order valence-corrected chi connectivity index (χ3v) is 2.80. The standard InChI is InChI=1S/C15H23NO/c1-4-5-6-15(17)12-16(3)11-14-9-7-13(2)8-10-14/h4,7-10,15,17H,1,5-6,11-12H2,2-3H3. The van der Waals surface area contributed by atoms with E-state index in [1.165, 1.54) is 11.1 Å². The van der Waals surface area contributed by atoms with Crippen LogP contribution in [0.3, 0.4) is 0 Å². The molecule has 17 heavy (non-hydrogen) atoms. The first-order chi connectivity index (χ1) is 8.11. The number of rotatable bonds is 7. The van der Waals surface area contributed by atoms with Gasteiger partial charge in [-0.2, -0.15) is 0 Å². The molecule has 0 heterocycles. The molecule has 1 N–H and O–H groups in total. The van der Waals surface area contributed by atoms with Gasteiger partial charge in [0.2, 0.25) is 0 Å². The van der Waals surface area contributed by atoms with Gasteiger partial charge in [-0.25, -0.2) is 0 Å². The third-order valence-electron chi connectivity index (χ3n) is 2.80. The lowest BCUT2D eigenvalue weighted by Crippen LogP contribution is -2.28. The molecule has 2 nitrogen and oxygen atoms in total. The van der Waals surface area contributed by atoms with Gasteiger partial charge in [-0.15, -0.1) is 6.58 Å². The summed E-state index contributed by atoms with van der Waals surface area (Å²) in [6.45, 7) is 7.34. The number of aryl methyl sites for hydroxylation is 1. The Kier molecular flexibility index (Phi) is 5.95. The van der Waals surface area contributed by atoms with Crippen molar-refractivity contribution in [2.75, 3.05) is 13.6 Å². The highest BCUT2D eigenvalue weighted by atomic mass is 16.3. The fourth-order valence-electron chi connectivity index (χ4n) is 1.83. The Morgan fingerprint density at radius 3 is 2.59 bits per heavy atom. The molecule has 0 aromatic heterocycles. The van der Waals surface area contributed by atoms with Gasteiger partial charge < -0.3 is 5.11 Å². The Morgan fingerprint density at radius 2 is 2.00 bits per heavy atom. The van der Waals surface area contributed by atoms with Gasteiger partial charge in [-0.3, -0.25) is 4.90 Å². The van der Waals surface area contributed by atoms with Crippen LogP contribution in [0.1, 0.15) is 24.0 Å². The number of likely N-dealkylation sites (N-methyl/N-ethyl adjacent to an activating group) is 1. The number of hydrogen-bond acceptors (Lipinski definition) is 2. The lowest BCUT2D eigenvalue weighted by molar-refractivity contribution is 0.116. The van der Waals surface area contributed by atoms with Crippen LogP contribution in [0.25, 0.3) is 0 Å². The Morgan fingerprint density at radius 1 is 1.35 bits per heavy atom. The summed E-state index contributed by atoms with van der Waals surface area (Å²) in [5, 5.41) is 9.78. The van der Waals surface area contributed by atoms with E-state index in [1.54, 1.807) is 0 Å². The first kappa shape index (κ1) is 13.9. The summed E-state index contributed by atoms with van der Waals surface area (Å²) in [5.41, 5.74) is 2.57. The van der Waals surface area contributed by atoms with Crippen LogP contribution in [0.5, 0.6) is 0 Å². The quantitative estimate of drug-likeness (QED) is 0.732. The van der Waals surface area contributed by atoms with Crippen molar-refractivity contribution in [3.8, 4) is 0 Å². The molecule has 0 spiro atoms. The monoisotopic (exact) mass is 233 g/mol. The van der Waals surface area contributed by atoms with Gasteiger partial charge in [0.05, 0.1) is 6.10 Å². The molecule has 1 aromatic carbocycles. The van der Waals surface area contributed by atoms with Crippen molar-refractivity contribution >= 4 is 0 Å². The maximum Gasteiger partial charge on any atom is 0.0670 e. The van der Waals surface area contributed by atoms with Crippen molar-refractivity contribution < 1.29 is 5.11 Å². The van der Waals surface area contributed by atoms with Crippen molar-refractivity contribution in [2.24, 2.45) is 0 Å². The van der Waals surface area contributed by atoms with Gasteiger partial charge in [0.15, 0.2) is 0 Å². The van der Waals surface area contributed by atoms with Crippen molar-refractivity contribution in [1.29, 1.82) is 0 Å². The number of allylic oxidation sites excluding steroid dienone is 1. The van der Waals surface area contributed by atoms with Gasteiger partial charge >= 0.3 is 0 Å². The van der Waals surface area contributed by atoms with Gasteiger partial charge in [0, 0.05) is 13.1 Å². The Balaban J connectivity index is 2.35. The highest BCUT2D eigenvalue weighted by Gasteiger charge is 2.07. The molecule has 1 unspecified atom stereocenters. The predicted molar refractivity (Wildman–Crippen MR) is 73.0 cm³/mol. The average Bonchev–Trinajstić information content (AvgIpc) is 2.29. The third kappa shape index (κ3) is 5.66. The molecule has 1 rings (SSSR count). The van der Waals surface area contributed by atoms with E-state index in [2.05, 4.69) is 42.7 Å². The zero-order valence-electron chi connectivity index (χ0n) is 10.9. The minimum atomic E-state index is -0.261. The number of aliphatic hydroxyl groups excluding tert-OH is 1. The van der Waals surface area contributed by atoms with Crippen molar-refractivity contribution in [2.45, 2.75) is 32.4 Å². The van der Waals surface area contributed by atoms with Crippen LogP contribution < -0.4 is 0 Å². The second-order valence-corrected chi connectivity index (χ2v) is 4.70. The van der Waals surface area contributed by atoms with E-state index in [0.717, 1.165) is 19.4 Å². The molecular weight excluding hydrogens is 210 g/mol. The molecule has 0 amide bonds. The first-order valence-electron chi connectivity index (χ1n) is 6.15. The zero-order valence-corrected chi connectivity index (χ0v) is 10.9. The van der Waals surface area contributed by atoms with Crippen LogP contribution in [-0.4, -0.2) is 29.7 Å². The molecule has 0 aliphatic heterocycles. The molecular formula is C15H23NO. The minimum absolute atomic E-state index is 0.261. The molecule has 0 bridgehead atoms. The maximum atomic E-state index is 9.78. The maximum absolute atomic E-state index is 9.78. The average molecular weight is 233 g/mol. The van der Waals surface area contributed by atoms with E-state index in [4.69, 9.17) is 0 Å². The summed E-state index contributed by atoms with van der Waals surface area (Å²) in [5.74, 6) is 0. The summed E-state index contributed by atoms with van der Waals surface area (Å²) in [6.07, 6.45) is 3.26. The molecule has 0 aliphatic rings. The lowest BCUT2D eigenvalue weighted by atomic mass is 10.1. The summed E-state index contributed by atoms with van der Waals surface area (Å²) in [7, 11) is 2.04. The number of hydrogen-bond donors (Lipinski definition) is 1. The first-order valence-corrected chi connectivity index (χ1v) is 6.15. The molecule has 0 aliphatic carbocycles. The highest BCUT2D eigenvalue weighted by Crippen LogP contribution is 2.07. The van der Waals surface area contributed by atoms with Crippen molar-refractivity contribution in [3.63, 3.8) is 0 Å². The van der Waals surface area contributed by atoms with Gasteiger partial charge in [0.1, 0.15) is 0 Å². The number of aliphatic hydroxyl groups is 1. The number of nitrogens with zero attached hydrogens (tertiary/aromatic N) is 1. The van der Waals surface area contributed by atoms with E-state index in [1.807, 2.05) is 13.1 Å². The second-order valence-electron chi connectivity index (χ2n) is 4.70. The molecule has 2 heteroatoms. The molecule has 94 valence electrons. The largest absolute Gasteiger partial charge is 0.392 e. The molecule has 1 atom stereocenters. The molecule has 0 radical (unpaired) electrons. The van der Waals surface area contributed by atoms with Crippen LogP contribution in [0, 0.1) is 6.92 Å². The van der Waals surface area contributed by atoms with Crippen LogP contribution >= 0.6 is 0 Å². The molecule has 0 fully saturated rings. The van der Waals surface area contributed by atoms with E-state index >= 15 is 0 Å². The summed E-state index contributed by atoms with van der Waals surface area (Å²) < 4.78 is 0. The van der Waals surface area contributed by atoms with Crippen molar-refractivity contribution in [3.05, 3.63) is 48.0 Å². The van der Waals surface area contributed by atoms with E-state index in [0.29, 0.717) is 6.54 Å². The lowest BCUT2D eigenvalue weighted by Gasteiger charge is -2.20. The Hall–Kier alpha value is -1.12. The topological polar surface area (TPSA) is 23.5 Å². The van der Waals surface area contributed by atoms with Crippen LogP contribution in [0.15, 0.2) is 36.9 Å². The van der Waals surface area contributed by atoms with Gasteiger partial charge in [-0.05, 0) is 32.4 Å². The van der Waals surface area contributed by atoms with Crippen LogP contribution in [0.2, 0.25) is 0 Å². The van der Waals surface area contributed by atoms with Crippen LogP contribution in [-0.2, 0) is 6.54 Å². The summed E-state index contributed by atoms with van der Waals surface area (Å²) in [4.78, 5) is 2.15. The summed E-state index contributed by atoms with van der Waals surface area (Å²) in [6, 6.07) is 8.53. The van der Waals surface area contributed by atoms with E-state index < -0.39 is 0 Å². The van der Waals surface area contributed by atoms with E-state index in [-0.39, 0.29) is 6.10 Å². The zero-order chi connectivity index (χ0) is 12.7. The molecule has 0 saturated carbocycles. The predicted octanol–water partition coefficient (Wildman–Crippen LogP) is 2.75. The Bertz CT molecular complexity index is 331. The SMILES string of the molecule is C=CCCC(O)CN(C)Cc1ccc(C)cc1. The van der Waals surface area contributed by atoms with Gasteiger partial charge in [0.25, 0.3) is 0 Å². The fraction of sp³-hybridized carbons (Fsp3) is 0.467. The van der Waals surface area contributed by atoms with Gasteiger partial charge in [-0.1, -0.05) is 35.9 Å². The number of benzene rings is 1. The molecule has 1 aromatic rings. The van der Waals surface area contributed by atoms with Crippen molar-refractivity contribution in [1.82, 2.24) is 4.90 Å². The second kappa shape index (κ2) is 7.25. The summed E-state index contributed by atoms with van der Waals surface area (Å²) >= 11 is 0. The highest BCUT2D eigenvalue weighted by molar-refractivity contribution is 5.21. The smallest absolute Gasteiger partial charge is 0.0670 e. The Labute approximate surface area is 105 Å². The normalized spacial score (nSPS) is 12.7. The van der Waals surface area contributed by atoms with E-state index in [9.17, 15) is 5.11 Å².